The molecule has 20 heavy (non-hydrogen) atoms. The van der Waals surface area contributed by atoms with E-state index in [9.17, 15) is 13.2 Å². The second-order valence-corrected chi connectivity index (χ2v) is 6.85. The number of thiocarbonyl (C=S) groups is 1. The van der Waals surface area contributed by atoms with Crippen molar-refractivity contribution >= 4 is 50.4 Å². The molecule has 0 spiro atoms. The minimum Gasteiger partial charge on any atom is -0.495 e. The third kappa shape index (κ3) is 3.18. The normalized spacial score (nSPS) is 17.4. The maximum absolute atomic E-state index is 11.5. The molecule has 0 saturated carbocycles. The van der Waals surface area contributed by atoms with E-state index in [1.165, 1.54) is 25.3 Å². The second-order valence-electron chi connectivity index (χ2n) is 3.74. The predicted octanol–water partition coefficient (Wildman–Crippen LogP) is 1.43. The van der Waals surface area contributed by atoms with E-state index in [2.05, 4.69) is 5.32 Å². The lowest BCUT2D eigenvalue weighted by Crippen LogP contribution is -2.17. The first-order valence-corrected chi connectivity index (χ1v) is 7.88. The summed E-state index contributed by atoms with van der Waals surface area (Å²) in [7, 11) is -3.12. The Balaban J connectivity index is 2.48. The summed E-state index contributed by atoms with van der Waals surface area (Å²) in [6.45, 7) is 0. The molecular weight excluding hydrogens is 322 g/mol. The number of amides is 1. The van der Waals surface area contributed by atoms with Crippen molar-refractivity contribution in [2.75, 3.05) is 7.11 Å². The van der Waals surface area contributed by atoms with Crippen LogP contribution in [-0.2, 0) is 14.9 Å². The van der Waals surface area contributed by atoms with Crippen LogP contribution in [-0.4, -0.2) is 30.3 Å². The van der Waals surface area contributed by atoms with E-state index in [0.29, 0.717) is 14.8 Å². The van der Waals surface area contributed by atoms with E-state index in [1.807, 2.05) is 0 Å². The van der Waals surface area contributed by atoms with Crippen molar-refractivity contribution in [1.29, 1.82) is 0 Å². The van der Waals surface area contributed by atoms with Gasteiger partial charge in [-0.1, -0.05) is 30.0 Å². The van der Waals surface area contributed by atoms with E-state index in [4.69, 9.17) is 21.5 Å². The highest BCUT2D eigenvalue weighted by Gasteiger charge is 2.23. The molecule has 0 radical (unpaired) electrons. The molecule has 1 heterocycles. The van der Waals surface area contributed by atoms with Gasteiger partial charge in [-0.3, -0.25) is 9.35 Å². The smallest absolute Gasteiger partial charge is 0.298 e. The molecule has 1 fully saturated rings. The SMILES string of the molecule is COc1ccc(/C=C2/SC(=S)NC2=O)cc1S(=O)(=O)O. The minimum absolute atomic E-state index is 0.0219. The van der Waals surface area contributed by atoms with Gasteiger partial charge < -0.3 is 10.1 Å². The van der Waals surface area contributed by atoms with Crippen LogP contribution in [0, 0.1) is 0 Å². The third-order valence-electron chi connectivity index (χ3n) is 2.41. The molecule has 106 valence electrons. The molecule has 2 rings (SSSR count). The van der Waals surface area contributed by atoms with Crippen molar-refractivity contribution in [3.8, 4) is 5.75 Å². The number of carbonyl (C=O) groups excluding carboxylic acids is 1. The van der Waals surface area contributed by atoms with Gasteiger partial charge in [-0.05, 0) is 23.8 Å². The average Bonchev–Trinajstić information content (AvgIpc) is 2.66. The Hall–Kier alpha value is -1.42. The first-order chi connectivity index (χ1) is 9.31. The van der Waals surface area contributed by atoms with Crippen molar-refractivity contribution in [3.63, 3.8) is 0 Å². The van der Waals surface area contributed by atoms with Gasteiger partial charge in [0, 0.05) is 0 Å². The van der Waals surface area contributed by atoms with Gasteiger partial charge in [-0.25, -0.2) is 0 Å². The molecule has 1 aromatic rings. The molecule has 1 saturated heterocycles. The lowest BCUT2D eigenvalue weighted by atomic mass is 10.2. The van der Waals surface area contributed by atoms with Crippen molar-refractivity contribution in [2.24, 2.45) is 0 Å². The number of ether oxygens (including phenoxy) is 1. The molecule has 0 aliphatic carbocycles. The van der Waals surface area contributed by atoms with Crippen LogP contribution < -0.4 is 10.1 Å². The molecule has 2 N–H and O–H groups in total. The fourth-order valence-electron chi connectivity index (χ4n) is 1.56. The van der Waals surface area contributed by atoms with E-state index in [1.54, 1.807) is 6.07 Å². The average molecular weight is 331 g/mol. The molecule has 0 atom stereocenters. The largest absolute Gasteiger partial charge is 0.495 e. The van der Waals surface area contributed by atoms with Crippen LogP contribution in [0.25, 0.3) is 6.08 Å². The molecule has 6 nitrogen and oxygen atoms in total. The van der Waals surface area contributed by atoms with Crippen LogP contribution in [0.15, 0.2) is 28.0 Å². The monoisotopic (exact) mass is 331 g/mol. The van der Waals surface area contributed by atoms with Crippen LogP contribution in [0.4, 0.5) is 0 Å². The fraction of sp³-hybridized carbons (Fsp3) is 0.0909. The highest BCUT2D eigenvalue weighted by Crippen LogP contribution is 2.29. The second kappa shape index (κ2) is 5.52. The maximum Gasteiger partial charge on any atom is 0.298 e. The highest BCUT2D eigenvalue weighted by atomic mass is 32.2. The molecule has 9 heteroatoms. The quantitative estimate of drug-likeness (QED) is 0.492. The summed E-state index contributed by atoms with van der Waals surface area (Å²) in [5.74, 6) is -0.321. The van der Waals surface area contributed by atoms with Gasteiger partial charge in [0.2, 0.25) is 0 Å². The zero-order chi connectivity index (χ0) is 14.9. The summed E-state index contributed by atoms with van der Waals surface area (Å²) < 4.78 is 36.9. The number of carbonyl (C=O) groups is 1. The summed E-state index contributed by atoms with van der Waals surface area (Å²) >= 11 is 5.93. The zero-order valence-corrected chi connectivity index (χ0v) is 12.6. The number of hydrogen-bond acceptors (Lipinski definition) is 6. The number of methoxy groups -OCH3 is 1. The summed E-state index contributed by atoms with van der Waals surface area (Å²) in [6.07, 6.45) is 1.48. The van der Waals surface area contributed by atoms with Crippen LogP contribution >= 0.6 is 24.0 Å². The van der Waals surface area contributed by atoms with Gasteiger partial charge >= 0.3 is 0 Å². The Labute approximate surface area is 124 Å². The number of rotatable bonds is 3. The summed E-state index contributed by atoms with van der Waals surface area (Å²) in [5.41, 5.74) is 0.431. The molecule has 1 amide bonds. The van der Waals surface area contributed by atoms with Gasteiger partial charge in [-0.2, -0.15) is 8.42 Å². The first-order valence-electron chi connectivity index (χ1n) is 5.21. The summed E-state index contributed by atoms with van der Waals surface area (Å²) in [4.78, 5) is 11.5. The third-order valence-corrected chi connectivity index (χ3v) is 4.44. The van der Waals surface area contributed by atoms with Crippen LogP contribution in [0.3, 0.4) is 0 Å². The van der Waals surface area contributed by atoms with Crippen LogP contribution in [0.2, 0.25) is 0 Å². The zero-order valence-electron chi connectivity index (χ0n) is 10.1. The summed E-state index contributed by atoms with van der Waals surface area (Å²) in [6, 6.07) is 4.18. The van der Waals surface area contributed by atoms with Crippen LogP contribution in [0.1, 0.15) is 5.56 Å². The molecule has 0 bridgehead atoms. The number of benzene rings is 1. The number of nitrogens with one attached hydrogen (secondary N) is 1. The minimum atomic E-state index is -4.41. The van der Waals surface area contributed by atoms with E-state index in [0.717, 1.165) is 11.8 Å². The van der Waals surface area contributed by atoms with Gasteiger partial charge in [0.05, 0.1) is 12.0 Å². The summed E-state index contributed by atoms with van der Waals surface area (Å²) in [5, 5.41) is 2.45. The van der Waals surface area contributed by atoms with Crippen LogP contribution in [0.5, 0.6) is 5.75 Å². The molecule has 0 unspecified atom stereocenters. The Morgan fingerprint density at radius 2 is 2.15 bits per heavy atom. The Morgan fingerprint density at radius 1 is 1.45 bits per heavy atom. The molecular formula is C11H9NO5S3. The van der Waals surface area contributed by atoms with Gasteiger partial charge in [0.25, 0.3) is 16.0 Å². The molecule has 1 aliphatic heterocycles. The maximum atomic E-state index is 11.5. The topological polar surface area (TPSA) is 92.7 Å². The lowest BCUT2D eigenvalue weighted by Gasteiger charge is -2.06. The number of thioether (sulfide) groups is 1. The van der Waals surface area contributed by atoms with Crippen molar-refractivity contribution < 1.29 is 22.5 Å². The molecule has 0 aromatic heterocycles. The van der Waals surface area contributed by atoms with Gasteiger partial charge in [0.1, 0.15) is 15.0 Å². The first kappa shape index (κ1) is 15.0. The Kier molecular flexibility index (Phi) is 4.14. The predicted molar refractivity (Wildman–Crippen MR) is 79.1 cm³/mol. The van der Waals surface area contributed by atoms with Crippen molar-refractivity contribution in [2.45, 2.75) is 4.90 Å². The van der Waals surface area contributed by atoms with E-state index >= 15 is 0 Å². The number of hydrogen-bond donors (Lipinski definition) is 2. The Bertz CT molecular complexity index is 724. The van der Waals surface area contributed by atoms with Crippen molar-refractivity contribution in [3.05, 3.63) is 28.7 Å². The molecule has 1 aliphatic rings. The highest BCUT2D eigenvalue weighted by molar-refractivity contribution is 8.26. The lowest BCUT2D eigenvalue weighted by molar-refractivity contribution is -0.115. The van der Waals surface area contributed by atoms with E-state index in [-0.39, 0.29) is 16.6 Å². The molecule has 1 aromatic carbocycles. The fourth-order valence-corrected chi connectivity index (χ4v) is 3.29. The van der Waals surface area contributed by atoms with Crippen molar-refractivity contribution in [1.82, 2.24) is 5.32 Å². The standard InChI is InChI=1S/C11H9NO5S3/c1-17-7-3-2-6(5-9(7)20(14,15)16)4-8-10(13)12-11(18)19-8/h2-5H,1H3,(H,12,13,18)(H,14,15,16)/b8-4+. The van der Waals surface area contributed by atoms with E-state index < -0.39 is 10.1 Å². The Morgan fingerprint density at radius 3 is 2.65 bits per heavy atom. The van der Waals surface area contributed by atoms with Gasteiger partial charge in [0.15, 0.2) is 0 Å². The van der Waals surface area contributed by atoms with Gasteiger partial charge in [-0.15, -0.1) is 0 Å².